The Balaban J connectivity index is 1.36. The quantitative estimate of drug-likeness (QED) is 0.550. The molecule has 1 atom stereocenters. The van der Waals surface area contributed by atoms with Crippen LogP contribution in [0.4, 0.5) is 11.4 Å². The van der Waals surface area contributed by atoms with Crippen LogP contribution in [0.3, 0.4) is 0 Å². The number of amides is 1. The van der Waals surface area contributed by atoms with Gasteiger partial charge in [-0.25, -0.2) is 8.42 Å². The molecule has 2 aliphatic rings. The van der Waals surface area contributed by atoms with E-state index < -0.39 is 16.1 Å². The molecule has 3 aromatic rings. The van der Waals surface area contributed by atoms with Crippen molar-refractivity contribution < 1.29 is 17.9 Å². The Morgan fingerprint density at radius 3 is 2.21 bits per heavy atom. The molecule has 34 heavy (non-hydrogen) atoms. The summed E-state index contributed by atoms with van der Waals surface area (Å²) in [4.78, 5) is 17.5. The zero-order valence-electron chi connectivity index (χ0n) is 18.4. The smallest absolute Gasteiger partial charge is 0.265 e. The lowest BCUT2D eigenvalue weighted by atomic mass is 10.2. The molecule has 2 aliphatic heterocycles. The van der Waals surface area contributed by atoms with Gasteiger partial charge < -0.3 is 14.5 Å². The van der Waals surface area contributed by atoms with Gasteiger partial charge in [0.15, 0.2) is 6.10 Å². The zero-order valence-corrected chi connectivity index (χ0v) is 20.0. The molecule has 1 fully saturated rings. The lowest BCUT2D eigenvalue weighted by Crippen LogP contribution is -2.56. The van der Waals surface area contributed by atoms with Crippen molar-refractivity contribution in [1.82, 2.24) is 4.90 Å². The van der Waals surface area contributed by atoms with Gasteiger partial charge in [-0.2, -0.15) is 0 Å². The maximum absolute atomic E-state index is 13.5. The van der Waals surface area contributed by atoms with Crippen molar-refractivity contribution in [1.29, 1.82) is 0 Å². The van der Waals surface area contributed by atoms with Crippen molar-refractivity contribution in [2.75, 3.05) is 41.9 Å². The normalized spacial score (nSPS) is 18.3. The topological polar surface area (TPSA) is 70.2 Å². The highest BCUT2D eigenvalue weighted by atomic mass is 35.5. The van der Waals surface area contributed by atoms with Crippen molar-refractivity contribution >= 4 is 38.9 Å². The molecule has 0 saturated carbocycles. The van der Waals surface area contributed by atoms with Crippen LogP contribution in [0.5, 0.6) is 5.75 Å². The second-order valence-electron chi connectivity index (χ2n) is 8.21. The Morgan fingerprint density at radius 1 is 0.853 bits per heavy atom. The molecule has 0 spiro atoms. The summed E-state index contributed by atoms with van der Waals surface area (Å²) in [6, 6.07) is 23.0. The molecule has 3 aromatic carbocycles. The van der Waals surface area contributed by atoms with E-state index in [1.165, 1.54) is 28.6 Å². The maximum atomic E-state index is 13.5. The summed E-state index contributed by atoms with van der Waals surface area (Å²) in [5, 5.41) is 0.448. The minimum atomic E-state index is -3.92. The number of anilines is 2. The number of hydrogen-bond donors (Lipinski definition) is 0. The lowest BCUT2D eigenvalue weighted by molar-refractivity contribution is -0.138. The van der Waals surface area contributed by atoms with Crippen molar-refractivity contribution in [3.05, 3.63) is 83.9 Å². The molecule has 0 N–H and O–H groups in total. The summed E-state index contributed by atoms with van der Waals surface area (Å²) >= 11 is 5.95. The molecule has 0 aliphatic carbocycles. The predicted molar refractivity (Wildman–Crippen MR) is 132 cm³/mol. The molecule has 9 heteroatoms. The van der Waals surface area contributed by atoms with Crippen molar-refractivity contribution in [2.45, 2.75) is 11.0 Å². The van der Waals surface area contributed by atoms with Crippen molar-refractivity contribution in [2.24, 2.45) is 0 Å². The molecule has 0 radical (unpaired) electrons. The van der Waals surface area contributed by atoms with Gasteiger partial charge in [-0.1, -0.05) is 41.9 Å². The Labute approximate surface area is 204 Å². The second kappa shape index (κ2) is 9.19. The van der Waals surface area contributed by atoms with E-state index in [4.69, 9.17) is 16.3 Å². The number of para-hydroxylation sites is 3. The number of nitrogens with zero attached hydrogens (tertiary/aromatic N) is 3. The van der Waals surface area contributed by atoms with E-state index in [-0.39, 0.29) is 17.3 Å². The van der Waals surface area contributed by atoms with E-state index in [9.17, 15) is 13.2 Å². The standard InChI is InChI=1S/C25H24ClN3O4S/c26-19-10-12-21(13-11-19)34(31,32)29-18-24(33-23-9-5-4-8-22(23)29)25(30)28-16-14-27(15-17-28)20-6-2-1-3-7-20/h1-13,24H,14-18H2. The van der Waals surface area contributed by atoms with E-state index in [0.29, 0.717) is 42.6 Å². The molecule has 1 saturated heterocycles. The molecule has 5 rings (SSSR count). The van der Waals surface area contributed by atoms with E-state index in [1.807, 2.05) is 18.2 Å². The molecule has 1 amide bonds. The fourth-order valence-electron chi connectivity index (χ4n) is 4.32. The monoisotopic (exact) mass is 497 g/mol. The predicted octanol–water partition coefficient (Wildman–Crippen LogP) is 3.65. The Kier molecular flexibility index (Phi) is 6.10. The van der Waals surface area contributed by atoms with Gasteiger partial charge >= 0.3 is 0 Å². The van der Waals surface area contributed by atoms with Crippen LogP contribution in [0.15, 0.2) is 83.8 Å². The van der Waals surface area contributed by atoms with Gasteiger partial charge in [0.25, 0.3) is 15.9 Å². The highest BCUT2D eigenvalue weighted by Gasteiger charge is 2.39. The van der Waals surface area contributed by atoms with E-state index in [1.54, 1.807) is 29.2 Å². The van der Waals surface area contributed by atoms with Crippen molar-refractivity contribution in [3.8, 4) is 5.75 Å². The summed E-state index contributed by atoms with van der Waals surface area (Å²) in [6.45, 7) is 2.38. The third-order valence-corrected chi connectivity index (χ3v) is 8.17. The number of fused-ring (bicyclic) bond motifs is 1. The van der Waals surface area contributed by atoms with E-state index in [0.717, 1.165) is 5.69 Å². The average molecular weight is 498 g/mol. The minimum Gasteiger partial charge on any atom is -0.476 e. The van der Waals surface area contributed by atoms with Gasteiger partial charge in [-0.15, -0.1) is 0 Å². The summed E-state index contributed by atoms with van der Waals surface area (Å²) in [5.41, 5.74) is 1.54. The molecule has 0 aromatic heterocycles. The highest BCUT2D eigenvalue weighted by Crippen LogP contribution is 2.37. The SMILES string of the molecule is O=C(C1CN(S(=O)(=O)c2ccc(Cl)cc2)c2ccccc2O1)N1CCN(c2ccccc2)CC1. The summed E-state index contributed by atoms with van der Waals surface area (Å²) in [6.07, 6.45) is -0.930. The van der Waals surface area contributed by atoms with Gasteiger partial charge in [-0.05, 0) is 48.5 Å². The Hall–Kier alpha value is -3.23. The number of rotatable bonds is 4. The second-order valence-corrected chi connectivity index (χ2v) is 10.5. The van der Waals surface area contributed by atoms with Crippen molar-refractivity contribution in [3.63, 3.8) is 0 Å². The van der Waals surface area contributed by atoms with Crippen LogP contribution in [0, 0.1) is 0 Å². The average Bonchev–Trinajstić information content (AvgIpc) is 2.88. The Morgan fingerprint density at radius 2 is 1.50 bits per heavy atom. The molecule has 0 bridgehead atoms. The summed E-state index contributed by atoms with van der Waals surface area (Å²) < 4.78 is 34.3. The summed E-state index contributed by atoms with van der Waals surface area (Å²) in [7, 11) is -3.92. The number of carbonyl (C=O) groups excluding carboxylic acids is 1. The first-order valence-corrected chi connectivity index (χ1v) is 12.9. The van der Waals surface area contributed by atoms with Crippen LogP contribution < -0.4 is 13.9 Å². The number of halogens is 1. The summed E-state index contributed by atoms with van der Waals surface area (Å²) in [5.74, 6) is 0.158. The fourth-order valence-corrected chi connectivity index (χ4v) is 5.92. The van der Waals surface area contributed by atoms with Gasteiger partial charge in [-0.3, -0.25) is 9.10 Å². The number of sulfonamides is 1. The maximum Gasteiger partial charge on any atom is 0.265 e. The van der Waals surface area contributed by atoms with Gasteiger partial charge in [0.2, 0.25) is 0 Å². The number of benzene rings is 3. The molecule has 1 unspecified atom stereocenters. The lowest BCUT2D eigenvalue weighted by Gasteiger charge is -2.40. The molecular formula is C25H24ClN3O4S. The fraction of sp³-hybridized carbons (Fsp3) is 0.240. The minimum absolute atomic E-state index is 0.0975. The van der Waals surface area contributed by atoms with Gasteiger partial charge in [0.05, 0.1) is 17.1 Å². The highest BCUT2D eigenvalue weighted by molar-refractivity contribution is 7.92. The largest absolute Gasteiger partial charge is 0.476 e. The van der Waals surface area contributed by atoms with Crippen LogP contribution in [-0.4, -0.2) is 58.1 Å². The van der Waals surface area contributed by atoms with Crippen LogP contribution in [0.1, 0.15) is 0 Å². The van der Waals surface area contributed by atoms with Crippen LogP contribution in [-0.2, 0) is 14.8 Å². The van der Waals surface area contributed by atoms with E-state index in [2.05, 4.69) is 17.0 Å². The van der Waals surface area contributed by atoms with Gasteiger partial charge in [0, 0.05) is 36.9 Å². The first-order chi connectivity index (χ1) is 16.4. The first kappa shape index (κ1) is 22.6. The van der Waals surface area contributed by atoms with E-state index >= 15 is 0 Å². The van der Waals surface area contributed by atoms with Gasteiger partial charge in [0.1, 0.15) is 5.75 Å². The molecule has 176 valence electrons. The van der Waals surface area contributed by atoms with Crippen LogP contribution in [0.2, 0.25) is 5.02 Å². The number of piperazine rings is 1. The molecular weight excluding hydrogens is 474 g/mol. The molecule has 2 heterocycles. The number of carbonyl (C=O) groups is 1. The third kappa shape index (κ3) is 4.31. The van der Waals surface area contributed by atoms with Crippen LogP contribution >= 0.6 is 11.6 Å². The zero-order chi connectivity index (χ0) is 23.7. The third-order valence-electron chi connectivity index (χ3n) is 6.12. The Bertz CT molecular complexity index is 1280. The number of hydrogen-bond acceptors (Lipinski definition) is 5. The van der Waals surface area contributed by atoms with Crippen LogP contribution in [0.25, 0.3) is 0 Å². The molecule has 7 nitrogen and oxygen atoms in total. The number of ether oxygens (including phenoxy) is 1. The first-order valence-electron chi connectivity index (χ1n) is 11.1.